The van der Waals surface area contributed by atoms with E-state index in [-0.39, 0.29) is 10.8 Å². The summed E-state index contributed by atoms with van der Waals surface area (Å²) in [5.74, 6) is 0.116. The van der Waals surface area contributed by atoms with Crippen molar-refractivity contribution in [3.05, 3.63) is 53.5 Å². The molecular formula is C16H18ClFN2O2. The Hall–Kier alpha value is -1.85. The Morgan fingerprint density at radius 1 is 1.45 bits per heavy atom. The summed E-state index contributed by atoms with van der Waals surface area (Å²) in [5, 5.41) is 10.6. The van der Waals surface area contributed by atoms with Gasteiger partial charge in [0.1, 0.15) is 23.4 Å². The van der Waals surface area contributed by atoms with Gasteiger partial charge < -0.3 is 14.4 Å². The molecule has 6 heteroatoms. The number of aliphatic hydroxyl groups is 1. The fourth-order valence-electron chi connectivity index (χ4n) is 1.76. The number of rotatable bonds is 4. The van der Waals surface area contributed by atoms with Crippen LogP contribution in [0.25, 0.3) is 6.20 Å². The molecule has 1 aromatic carbocycles. The fourth-order valence-corrected chi connectivity index (χ4v) is 1.96. The molecule has 22 heavy (non-hydrogen) atoms. The number of ether oxygens (including phenoxy) is 1. The fraction of sp³-hybridized carbons (Fsp3) is 0.312. The molecule has 0 saturated heterocycles. The van der Waals surface area contributed by atoms with Crippen LogP contribution in [0.5, 0.6) is 5.75 Å². The van der Waals surface area contributed by atoms with E-state index in [1.54, 1.807) is 29.5 Å². The second-order valence-corrected chi connectivity index (χ2v) is 6.39. The Labute approximate surface area is 133 Å². The van der Waals surface area contributed by atoms with Gasteiger partial charge >= 0.3 is 0 Å². The van der Waals surface area contributed by atoms with Gasteiger partial charge in [0.05, 0.1) is 17.5 Å². The average Bonchev–Trinajstić information content (AvgIpc) is 2.92. The quantitative estimate of drug-likeness (QED) is 0.866. The molecular weight excluding hydrogens is 307 g/mol. The summed E-state index contributed by atoms with van der Waals surface area (Å²) in [6.07, 6.45) is 5.64. The monoisotopic (exact) mass is 324 g/mol. The number of hydrogen-bond donors (Lipinski definition) is 1. The summed E-state index contributed by atoms with van der Waals surface area (Å²) in [4.78, 5) is 3.94. The minimum atomic E-state index is -0.879. The molecule has 0 amide bonds. The van der Waals surface area contributed by atoms with E-state index in [1.165, 1.54) is 12.1 Å². The Bertz CT molecular complexity index is 663. The molecule has 0 radical (unpaired) electrons. The maximum Gasteiger partial charge on any atom is 0.150 e. The Kier molecular flexibility index (Phi) is 4.88. The molecule has 4 nitrogen and oxygen atoms in total. The van der Waals surface area contributed by atoms with Gasteiger partial charge in [0.2, 0.25) is 0 Å². The lowest BCUT2D eigenvalue weighted by Crippen LogP contribution is -2.30. The molecule has 1 N–H and O–H groups in total. The van der Waals surface area contributed by atoms with E-state index in [0.29, 0.717) is 5.76 Å². The van der Waals surface area contributed by atoms with E-state index in [2.05, 4.69) is 4.98 Å². The summed E-state index contributed by atoms with van der Waals surface area (Å²) in [6, 6.07) is 3.84. The normalized spacial score (nSPS) is 14.0. The number of aromatic nitrogens is 2. The third kappa shape index (κ3) is 4.08. The first-order chi connectivity index (χ1) is 10.3. The predicted octanol–water partition coefficient (Wildman–Crippen LogP) is 3.96. The van der Waals surface area contributed by atoms with Crippen LogP contribution in [0.1, 0.15) is 20.8 Å². The van der Waals surface area contributed by atoms with Crippen LogP contribution in [0.2, 0.25) is 5.02 Å². The van der Waals surface area contributed by atoms with Gasteiger partial charge in [-0.1, -0.05) is 32.4 Å². The van der Waals surface area contributed by atoms with Crippen molar-refractivity contribution in [3.63, 3.8) is 0 Å². The van der Waals surface area contributed by atoms with Gasteiger partial charge in [0.25, 0.3) is 0 Å². The minimum absolute atomic E-state index is 0.137. The summed E-state index contributed by atoms with van der Waals surface area (Å²) < 4.78 is 20.5. The molecule has 1 aromatic heterocycles. The molecule has 2 rings (SSSR count). The van der Waals surface area contributed by atoms with Crippen LogP contribution in [0, 0.1) is 11.2 Å². The first kappa shape index (κ1) is 16.5. The first-order valence-electron chi connectivity index (χ1n) is 6.77. The Balaban J connectivity index is 2.36. The summed E-state index contributed by atoms with van der Waals surface area (Å²) in [6.45, 7) is 5.65. The number of nitrogens with zero attached hydrogens (tertiary/aromatic N) is 2. The highest BCUT2D eigenvalue weighted by atomic mass is 35.5. The van der Waals surface area contributed by atoms with Gasteiger partial charge in [-0.2, -0.15) is 0 Å². The predicted molar refractivity (Wildman–Crippen MR) is 84.0 cm³/mol. The van der Waals surface area contributed by atoms with Crippen molar-refractivity contribution < 1.29 is 14.2 Å². The largest absolute Gasteiger partial charge is 0.456 e. The summed E-state index contributed by atoms with van der Waals surface area (Å²) in [5.41, 5.74) is -0.446. The highest BCUT2D eigenvalue weighted by molar-refractivity contribution is 6.32. The zero-order valence-corrected chi connectivity index (χ0v) is 13.4. The van der Waals surface area contributed by atoms with Crippen molar-refractivity contribution in [3.8, 4) is 5.75 Å². The van der Waals surface area contributed by atoms with Crippen LogP contribution in [0.15, 0.2) is 42.7 Å². The zero-order chi connectivity index (χ0) is 16.3. The smallest absolute Gasteiger partial charge is 0.150 e. The van der Waals surface area contributed by atoms with Gasteiger partial charge in [-0.15, -0.1) is 0 Å². The van der Waals surface area contributed by atoms with Gasteiger partial charge in [-0.25, -0.2) is 9.37 Å². The number of imidazole rings is 1. The van der Waals surface area contributed by atoms with Crippen molar-refractivity contribution in [2.45, 2.75) is 26.9 Å². The molecule has 118 valence electrons. The van der Waals surface area contributed by atoms with Crippen molar-refractivity contribution in [1.82, 2.24) is 9.55 Å². The van der Waals surface area contributed by atoms with Gasteiger partial charge in [-0.3, -0.25) is 0 Å². The Morgan fingerprint density at radius 3 is 2.73 bits per heavy atom. The van der Waals surface area contributed by atoms with Crippen LogP contribution in [-0.4, -0.2) is 20.8 Å². The van der Waals surface area contributed by atoms with Gasteiger partial charge in [0.15, 0.2) is 0 Å². The van der Waals surface area contributed by atoms with Crippen LogP contribution >= 0.6 is 11.6 Å². The third-order valence-corrected chi connectivity index (χ3v) is 3.31. The summed E-state index contributed by atoms with van der Waals surface area (Å²) in [7, 11) is 0. The number of benzene rings is 1. The maximum atomic E-state index is 13.1. The Morgan fingerprint density at radius 2 is 2.18 bits per heavy atom. The summed E-state index contributed by atoms with van der Waals surface area (Å²) >= 11 is 5.98. The third-order valence-electron chi connectivity index (χ3n) is 3.01. The van der Waals surface area contributed by atoms with Crippen LogP contribution in [0.4, 0.5) is 4.39 Å². The highest BCUT2D eigenvalue weighted by Crippen LogP contribution is 2.31. The van der Waals surface area contributed by atoms with E-state index < -0.39 is 17.3 Å². The minimum Gasteiger partial charge on any atom is -0.456 e. The molecule has 0 aliphatic carbocycles. The van der Waals surface area contributed by atoms with E-state index >= 15 is 0 Å². The maximum absolute atomic E-state index is 13.1. The molecule has 2 aromatic rings. The topological polar surface area (TPSA) is 47.3 Å². The van der Waals surface area contributed by atoms with E-state index in [0.717, 1.165) is 6.07 Å². The van der Waals surface area contributed by atoms with Crippen LogP contribution < -0.4 is 4.74 Å². The SMILES string of the molecule is CC(C)(C)C(O)/C(=C/n1ccnc1)Oc1ccc(F)cc1Cl. The number of hydrogen-bond acceptors (Lipinski definition) is 3. The molecule has 0 saturated carbocycles. The van der Waals surface area contributed by atoms with E-state index in [9.17, 15) is 9.50 Å². The molecule has 1 unspecified atom stereocenters. The van der Waals surface area contributed by atoms with Crippen molar-refractivity contribution in [2.75, 3.05) is 0 Å². The molecule has 0 aliphatic heterocycles. The second kappa shape index (κ2) is 6.50. The average molecular weight is 325 g/mol. The lowest BCUT2D eigenvalue weighted by molar-refractivity contribution is 0.0637. The van der Waals surface area contributed by atoms with E-state index in [1.807, 2.05) is 20.8 Å². The van der Waals surface area contributed by atoms with Crippen LogP contribution in [0.3, 0.4) is 0 Å². The molecule has 1 heterocycles. The van der Waals surface area contributed by atoms with Gasteiger partial charge in [0, 0.05) is 12.4 Å². The lowest BCUT2D eigenvalue weighted by atomic mass is 9.88. The van der Waals surface area contributed by atoms with E-state index in [4.69, 9.17) is 16.3 Å². The molecule has 0 aliphatic rings. The van der Waals surface area contributed by atoms with Crippen molar-refractivity contribution in [1.29, 1.82) is 0 Å². The van der Waals surface area contributed by atoms with Crippen LogP contribution in [-0.2, 0) is 0 Å². The molecule has 0 bridgehead atoms. The highest BCUT2D eigenvalue weighted by Gasteiger charge is 2.28. The van der Waals surface area contributed by atoms with Crippen molar-refractivity contribution >= 4 is 17.8 Å². The zero-order valence-electron chi connectivity index (χ0n) is 12.6. The standard InChI is InChI=1S/C16H18ClFN2O2/c1-16(2,3)15(21)14(9-20-7-6-19-10-20)22-13-5-4-11(18)8-12(13)17/h4-10,15,21H,1-3H3/b14-9-. The first-order valence-corrected chi connectivity index (χ1v) is 7.15. The number of halogens is 2. The number of aliphatic hydroxyl groups excluding tert-OH is 1. The van der Waals surface area contributed by atoms with Crippen molar-refractivity contribution in [2.24, 2.45) is 5.41 Å². The molecule has 1 atom stereocenters. The molecule has 0 fully saturated rings. The van der Waals surface area contributed by atoms with Gasteiger partial charge in [-0.05, 0) is 23.6 Å². The second-order valence-electron chi connectivity index (χ2n) is 5.99. The lowest BCUT2D eigenvalue weighted by Gasteiger charge is -2.28. The molecule has 0 spiro atoms.